The number of primary amides is 1. The van der Waals surface area contributed by atoms with Gasteiger partial charge in [0, 0.05) is 153 Å². The van der Waals surface area contributed by atoms with E-state index in [9.17, 15) is 54.0 Å². The van der Waals surface area contributed by atoms with Crippen molar-refractivity contribution in [2.24, 2.45) is 79.2 Å². The molecule has 26 N–H and O–H groups in total. The third-order valence-electron chi connectivity index (χ3n) is 21.1. The molecule has 22 atom stereocenters. The Hall–Kier alpha value is -6.33. The number of ether oxygens (including phenoxy) is 9. The third kappa shape index (κ3) is 33.6. The summed E-state index contributed by atoms with van der Waals surface area (Å²) >= 11 is 4.16. The number of amides is 6. The number of rotatable bonds is 44. The van der Waals surface area contributed by atoms with E-state index < -0.39 is 182 Å². The summed E-state index contributed by atoms with van der Waals surface area (Å²) in [6, 6.07) is 3.79. The molecule has 41 nitrogen and oxygen atoms in total. The topological polar surface area (TPSA) is 656 Å². The predicted octanol–water partition coefficient (Wildman–Crippen LogP) is -2.56. The van der Waals surface area contributed by atoms with Gasteiger partial charge >= 0.3 is 11.9 Å². The Morgan fingerprint density at radius 3 is 1.50 bits per heavy atom. The van der Waals surface area contributed by atoms with Crippen molar-refractivity contribution in [1.82, 2.24) is 34.9 Å². The van der Waals surface area contributed by atoms with E-state index >= 15 is 4.79 Å². The van der Waals surface area contributed by atoms with Crippen LogP contribution in [-0.4, -0.2) is 351 Å². The molecule has 0 aromatic carbocycles. The standard InChI is InChI=1S/C42H74N12O10S.C27H46N6O10S2.C9H11NO2S2/c1-25(2)23-63-29-14-31(37(43)57)52(22-29)39(59)33-15-27(61-11-6-9-48-41(44)45)21-54(33)40(60)34-16-28(62-12-7-10-49-42(46)47)20-53(34)38(58)32-17-30(64-24-26(3)4)19-51(32)36(56)18-50-35(55)8-5-13-65;28-10-16-15(35)9-14(31)26(39-16)42-23-12(29)8-13(30)24(22(23)38)43-27-21(37)20(32)25(17(11-34)40-27)41-19(36)5-3-7-44-45-18-4-1-2-6-33-18;11-9(12)5-3-7-13-14-8-4-1-2-6-10-8/h25-34,65H,5-24H2,1-4H3,(H2,43,57)(H,50,55)(H4,44,45,48)(H4,46,47,49);1-2,4,6,12-17,20-27,34-35,37-38H,3,5,7-11,28-32H2;1-2,4,6H,3,5,7H2,(H,11,12)/t27-,28-,29-,30-,31+,32+,33+,34+;12-,13+,14+,15-,16+,17-,20+,21-,22-,23+,24-,25-,26+,27-;/m10./s1. The number of thiol groups is 1. The van der Waals surface area contributed by atoms with Gasteiger partial charge in [-0.15, -0.1) is 0 Å². The van der Waals surface area contributed by atoms with Crippen molar-refractivity contribution in [2.75, 3.05) is 103 Å². The summed E-state index contributed by atoms with van der Waals surface area (Å²) in [5.41, 5.74) is 58.4. The maximum Gasteiger partial charge on any atom is 0.306 e. The monoisotopic (exact) mass is 1850 g/mol. The Morgan fingerprint density at radius 2 is 1.04 bits per heavy atom. The zero-order valence-electron chi connectivity index (χ0n) is 70.8. The van der Waals surface area contributed by atoms with Gasteiger partial charge in [-0.05, 0) is 108 Å². The summed E-state index contributed by atoms with van der Waals surface area (Å²) in [4.78, 5) is 129. The summed E-state index contributed by atoms with van der Waals surface area (Å²) in [6.07, 6.45) is -5.92. The number of carbonyl (C=O) groups is 8. The largest absolute Gasteiger partial charge is 0.481 e. The molecule has 1 aliphatic carbocycles. The number of aliphatic hydroxyl groups excluding tert-OH is 4. The maximum absolute atomic E-state index is 15.2. The average Bonchev–Trinajstić information content (AvgIpc) is 1.22. The van der Waals surface area contributed by atoms with Gasteiger partial charge in [0.25, 0.3) is 0 Å². The fourth-order valence-corrected chi connectivity index (χ4v) is 19.0. The molecule has 46 heteroatoms. The first-order chi connectivity index (χ1) is 59.2. The van der Waals surface area contributed by atoms with Gasteiger partial charge in [0.15, 0.2) is 24.5 Å². The number of hydrogen-bond acceptors (Lipinski definition) is 35. The number of esters is 1. The molecule has 8 heterocycles. The van der Waals surface area contributed by atoms with E-state index in [1.54, 1.807) is 44.8 Å². The van der Waals surface area contributed by atoms with Crippen molar-refractivity contribution >= 4 is 115 Å². The van der Waals surface area contributed by atoms with Crippen LogP contribution in [0, 0.1) is 11.8 Å². The number of aliphatic carboxylic acids is 1. The molecule has 9 rings (SSSR count). The van der Waals surface area contributed by atoms with Crippen LogP contribution < -0.4 is 62.7 Å². The molecular formula is C78H131N19O22S5. The zero-order valence-corrected chi connectivity index (χ0v) is 75.0. The van der Waals surface area contributed by atoms with Crippen LogP contribution in [0.3, 0.4) is 0 Å². The number of nitrogens with one attached hydrogen (secondary N) is 1. The molecule has 0 radical (unpaired) electrons. The Morgan fingerprint density at radius 1 is 0.573 bits per heavy atom. The average molecular weight is 1850 g/mol. The van der Waals surface area contributed by atoms with Crippen molar-refractivity contribution < 1.29 is 107 Å². The van der Waals surface area contributed by atoms with Gasteiger partial charge in [0.2, 0.25) is 35.4 Å². The highest BCUT2D eigenvalue weighted by atomic mass is 33.1. The highest BCUT2D eigenvalue weighted by molar-refractivity contribution is 8.77. The Bertz CT molecular complexity index is 3670. The quantitative estimate of drug-likeness (QED) is 0.00810. The molecule has 700 valence electrons. The normalized spacial score (nSPS) is 29.2. The predicted molar refractivity (Wildman–Crippen MR) is 468 cm³/mol. The van der Waals surface area contributed by atoms with Crippen LogP contribution in [0.1, 0.15) is 118 Å². The lowest BCUT2D eigenvalue weighted by Crippen LogP contribution is -2.68. The lowest BCUT2D eigenvalue weighted by molar-refractivity contribution is -0.315. The molecule has 0 bridgehead atoms. The summed E-state index contributed by atoms with van der Waals surface area (Å²) in [6.45, 7) is 9.22. The van der Waals surface area contributed by atoms with Crippen molar-refractivity contribution in [3.05, 3.63) is 48.8 Å². The van der Waals surface area contributed by atoms with Crippen molar-refractivity contribution in [2.45, 2.75) is 262 Å². The van der Waals surface area contributed by atoms with Gasteiger partial charge in [0.1, 0.15) is 70.8 Å². The first kappa shape index (κ1) is 105. The minimum atomic E-state index is -1.51. The number of hydrogen-bond donors (Lipinski definition) is 17. The second-order valence-electron chi connectivity index (χ2n) is 32.0. The molecule has 124 heavy (non-hydrogen) atoms. The highest BCUT2D eigenvalue weighted by Crippen LogP contribution is 2.37. The molecule has 2 aromatic heterocycles. The Kier molecular flexibility index (Phi) is 45.8. The van der Waals surface area contributed by atoms with Crippen LogP contribution in [-0.2, 0) is 81.0 Å². The number of aliphatic imine (C=N–C) groups is 2. The van der Waals surface area contributed by atoms with Crippen LogP contribution in [0.4, 0.5) is 0 Å². The number of nitrogens with zero attached hydrogens (tertiary/aromatic N) is 8. The van der Waals surface area contributed by atoms with Crippen LogP contribution in [0.5, 0.6) is 0 Å². The fraction of sp³-hybridized carbons (Fsp3) is 0.744. The lowest BCUT2D eigenvalue weighted by atomic mass is 9.84. The minimum absolute atomic E-state index is 0.00847. The maximum atomic E-state index is 15.2. The molecule has 7 aliphatic rings. The van der Waals surface area contributed by atoms with E-state index in [2.05, 4.69) is 37.9 Å². The summed E-state index contributed by atoms with van der Waals surface area (Å²) in [7, 11) is 6.28. The van der Waals surface area contributed by atoms with E-state index in [1.165, 1.54) is 30.4 Å². The summed E-state index contributed by atoms with van der Waals surface area (Å²) in [5.74, 6) is -1.95. The number of pyridine rings is 2. The molecule has 6 aliphatic heterocycles. The van der Waals surface area contributed by atoms with E-state index in [1.807, 2.05) is 64.1 Å². The SMILES string of the molecule is CC(C)CO[C@@H]1C[C@@H](C(=O)N2C[C@H](OCCCN=C(N)N)C[C@H]2C(=O)N2C[C@H](OCCCN=C(N)N)C[C@H]2C(=O)N2C[C@H](OCC(C)C)C[C@H]2C(N)=O)N(C(=O)CNC(=O)CCCS)C1.NC[C@H]1O[C@H](O[C@H]2[C@H](O)[C@@H](O[C@@H]3O[C@@H](CO)[C@H](OC(=O)CCCSSc4ccccn4)[C@H](N)[C@@H]3O)[C@H](N)C[C@@H]2N)[C@H](N)C[C@@H]1O.O=C(O)CCCSSc1ccccn1. The molecule has 6 amide bonds. The number of carbonyl (C=O) groups excluding carboxylic acids is 7. The second-order valence-corrected chi connectivity index (χ2v) is 37.3. The fourth-order valence-electron chi connectivity index (χ4n) is 14.9. The van der Waals surface area contributed by atoms with E-state index in [4.69, 9.17) is 105 Å². The highest BCUT2D eigenvalue weighted by Gasteiger charge is 2.55. The van der Waals surface area contributed by atoms with Gasteiger partial charge in [-0.25, -0.2) is 9.97 Å². The van der Waals surface area contributed by atoms with Crippen molar-refractivity contribution in [3.8, 4) is 0 Å². The van der Waals surface area contributed by atoms with E-state index in [0.717, 1.165) is 15.8 Å². The van der Waals surface area contributed by atoms with Gasteiger partial charge in [0.05, 0.1) is 61.9 Å². The lowest BCUT2D eigenvalue weighted by Gasteiger charge is -2.48. The molecule has 0 unspecified atom stereocenters. The summed E-state index contributed by atoms with van der Waals surface area (Å²) in [5, 5.41) is 55.3. The van der Waals surface area contributed by atoms with Crippen molar-refractivity contribution in [1.29, 1.82) is 0 Å². The van der Waals surface area contributed by atoms with Crippen LogP contribution >= 0.6 is 55.8 Å². The number of nitrogens with two attached hydrogens (primary N) is 10. The molecule has 6 saturated heterocycles. The first-order valence-electron chi connectivity index (χ1n) is 42.0. The Balaban J connectivity index is 0.000000307. The smallest absolute Gasteiger partial charge is 0.306 e. The van der Waals surface area contributed by atoms with E-state index in [0.29, 0.717) is 69.9 Å². The molecular weight excluding hydrogens is 1720 g/mol. The number of aromatic nitrogens is 2. The number of carboxylic acid groups (broad SMARTS) is 1. The van der Waals surface area contributed by atoms with Crippen molar-refractivity contribution in [3.63, 3.8) is 0 Å². The van der Waals surface area contributed by atoms with Crippen LogP contribution in [0.25, 0.3) is 0 Å². The summed E-state index contributed by atoms with van der Waals surface area (Å²) < 4.78 is 53.6. The van der Waals surface area contributed by atoms with Gasteiger partial charge in [-0.3, -0.25) is 48.3 Å². The van der Waals surface area contributed by atoms with E-state index in [-0.39, 0.29) is 140 Å². The van der Waals surface area contributed by atoms with Crippen LogP contribution in [0.15, 0.2) is 68.8 Å². The first-order valence-corrected chi connectivity index (χ1v) is 47.3. The molecule has 1 saturated carbocycles. The molecule has 2 aromatic rings. The Labute approximate surface area is 744 Å². The van der Waals surface area contributed by atoms with Crippen LogP contribution in [0.2, 0.25) is 0 Å². The number of guanidine groups is 2. The minimum Gasteiger partial charge on any atom is -0.481 e. The zero-order chi connectivity index (χ0) is 90.7. The number of carboxylic acids is 1. The molecule has 7 fully saturated rings. The van der Waals surface area contributed by atoms with Gasteiger partial charge in [-0.2, -0.15) is 12.6 Å². The number of aliphatic hydroxyl groups is 4. The third-order valence-corrected chi connectivity index (χ3v) is 26.1. The van der Waals surface area contributed by atoms with Gasteiger partial charge in [-0.1, -0.05) is 61.4 Å². The number of likely N-dealkylation sites (tertiary alicyclic amines) is 4. The molecule has 0 spiro atoms. The van der Waals surface area contributed by atoms with Gasteiger partial charge < -0.3 is 150 Å². The second kappa shape index (κ2) is 54.2.